The van der Waals surface area contributed by atoms with Crippen LogP contribution in [-0.4, -0.2) is 17.7 Å². The van der Waals surface area contributed by atoms with E-state index >= 15 is 0 Å². The van der Waals surface area contributed by atoms with E-state index in [1.165, 1.54) is 5.56 Å². The van der Waals surface area contributed by atoms with Crippen LogP contribution in [-0.2, 0) is 11.4 Å². The Bertz CT molecular complexity index is 1070. The van der Waals surface area contributed by atoms with Gasteiger partial charge in [0, 0.05) is 5.56 Å². The van der Waals surface area contributed by atoms with Crippen molar-refractivity contribution in [2.75, 3.05) is 6.61 Å². The Kier molecular flexibility index (Phi) is 9.77. The molecule has 0 saturated heterocycles. The molecule has 0 aliphatic rings. The first-order chi connectivity index (χ1) is 16.9. The second kappa shape index (κ2) is 13.0. The maximum absolute atomic E-state index is 11.3. The molecule has 4 heteroatoms. The Hall–Kier alpha value is -3.27. The van der Waals surface area contributed by atoms with Gasteiger partial charge < -0.3 is 14.6 Å². The van der Waals surface area contributed by atoms with Crippen LogP contribution in [0.15, 0.2) is 66.7 Å². The quantitative estimate of drug-likeness (QED) is 0.255. The highest BCUT2D eigenvalue weighted by molar-refractivity contribution is 5.71. The third-order valence-electron chi connectivity index (χ3n) is 6.09. The topological polar surface area (TPSA) is 55.8 Å². The molecule has 0 fully saturated rings. The fourth-order valence-electron chi connectivity index (χ4n) is 4.22. The molecule has 0 amide bonds. The molecule has 0 bridgehead atoms. The molecule has 0 radical (unpaired) electrons. The first-order valence-electron chi connectivity index (χ1n) is 12.6. The molecular formula is C31H38O4. The summed E-state index contributed by atoms with van der Waals surface area (Å²) in [6, 6.07) is 22.6. The minimum atomic E-state index is -0.760. The van der Waals surface area contributed by atoms with Gasteiger partial charge in [0.2, 0.25) is 0 Å². The van der Waals surface area contributed by atoms with Crippen molar-refractivity contribution >= 4 is 5.97 Å². The van der Waals surface area contributed by atoms with Crippen LogP contribution >= 0.6 is 0 Å². The Morgan fingerprint density at radius 3 is 2.29 bits per heavy atom. The number of carboxylic acids is 1. The molecule has 0 unspecified atom stereocenters. The lowest BCUT2D eigenvalue weighted by molar-refractivity contribution is -0.137. The van der Waals surface area contributed by atoms with Crippen LogP contribution in [0.2, 0.25) is 0 Å². The number of aryl methyl sites for hydroxylation is 1. The first-order valence-corrected chi connectivity index (χ1v) is 12.6. The molecule has 0 heterocycles. The van der Waals surface area contributed by atoms with Crippen LogP contribution in [0.5, 0.6) is 11.5 Å². The summed E-state index contributed by atoms with van der Waals surface area (Å²) in [5.41, 5.74) is 5.58. The third kappa shape index (κ3) is 8.17. The lowest BCUT2D eigenvalue weighted by Gasteiger charge is -2.18. The molecule has 1 N–H and O–H groups in total. The van der Waals surface area contributed by atoms with Gasteiger partial charge >= 0.3 is 5.97 Å². The zero-order chi connectivity index (χ0) is 25.2. The van der Waals surface area contributed by atoms with Crippen molar-refractivity contribution in [2.24, 2.45) is 5.92 Å². The van der Waals surface area contributed by atoms with Crippen LogP contribution < -0.4 is 9.47 Å². The van der Waals surface area contributed by atoms with Gasteiger partial charge in [-0.2, -0.15) is 0 Å². The fraction of sp³-hybridized carbons (Fsp3) is 0.387. The third-order valence-corrected chi connectivity index (χ3v) is 6.09. The Balaban J connectivity index is 1.64. The van der Waals surface area contributed by atoms with E-state index in [1.807, 2.05) is 24.3 Å². The zero-order valence-electron chi connectivity index (χ0n) is 21.4. The SMILES string of the molecule is CCCCOc1ccc(C)cc1-c1ccc(COc2ccc([C@H](CC(=O)O)CC(C)C)cc2)cc1. The number of carbonyl (C=O) groups is 1. The average Bonchev–Trinajstić information content (AvgIpc) is 2.83. The van der Waals surface area contributed by atoms with Crippen LogP contribution in [0.3, 0.4) is 0 Å². The molecule has 0 aromatic heterocycles. The molecule has 0 aliphatic carbocycles. The van der Waals surface area contributed by atoms with E-state index in [0.717, 1.165) is 59.6 Å². The van der Waals surface area contributed by atoms with Crippen molar-refractivity contribution in [1.82, 2.24) is 0 Å². The highest BCUT2D eigenvalue weighted by atomic mass is 16.5. The highest BCUT2D eigenvalue weighted by Gasteiger charge is 2.17. The van der Waals surface area contributed by atoms with Crippen molar-refractivity contribution in [3.63, 3.8) is 0 Å². The molecule has 0 saturated carbocycles. The number of rotatable bonds is 13. The van der Waals surface area contributed by atoms with E-state index in [0.29, 0.717) is 12.5 Å². The summed E-state index contributed by atoms with van der Waals surface area (Å²) in [6.07, 6.45) is 3.16. The minimum absolute atomic E-state index is 0.0200. The average molecular weight is 475 g/mol. The van der Waals surface area contributed by atoms with Crippen LogP contribution in [0.1, 0.15) is 69.1 Å². The molecule has 186 valence electrons. The van der Waals surface area contributed by atoms with Gasteiger partial charge in [0.15, 0.2) is 0 Å². The van der Waals surface area contributed by atoms with Gasteiger partial charge in [0.05, 0.1) is 13.0 Å². The van der Waals surface area contributed by atoms with Gasteiger partial charge in [0.25, 0.3) is 0 Å². The normalized spacial score (nSPS) is 11.9. The molecule has 3 aromatic carbocycles. The minimum Gasteiger partial charge on any atom is -0.493 e. The molecule has 0 spiro atoms. The number of hydrogen-bond donors (Lipinski definition) is 1. The van der Waals surface area contributed by atoms with E-state index in [-0.39, 0.29) is 12.3 Å². The Morgan fingerprint density at radius 1 is 0.943 bits per heavy atom. The van der Waals surface area contributed by atoms with Gasteiger partial charge in [-0.1, -0.05) is 75.2 Å². The van der Waals surface area contributed by atoms with Gasteiger partial charge in [-0.05, 0) is 72.6 Å². The molecule has 0 aliphatic heterocycles. The van der Waals surface area contributed by atoms with Gasteiger partial charge in [0.1, 0.15) is 18.1 Å². The monoisotopic (exact) mass is 474 g/mol. The van der Waals surface area contributed by atoms with Crippen molar-refractivity contribution in [1.29, 1.82) is 0 Å². The number of unbranched alkanes of at least 4 members (excludes halogenated alkanes) is 1. The van der Waals surface area contributed by atoms with E-state index in [4.69, 9.17) is 9.47 Å². The van der Waals surface area contributed by atoms with Crippen molar-refractivity contribution in [3.05, 3.63) is 83.4 Å². The summed E-state index contributed by atoms with van der Waals surface area (Å²) < 4.78 is 12.0. The van der Waals surface area contributed by atoms with Crippen LogP contribution in [0.25, 0.3) is 11.1 Å². The van der Waals surface area contributed by atoms with Crippen molar-refractivity contribution in [3.8, 4) is 22.6 Å². The van der Waals surface area contributed by atoms with Crippen LogP contribution in [0.4, 0.5) is 0 Å². The molecule has 3 rings (SSSR count). The summed E-state index contributed by atoms with van der Waals surface area (Å²) >= 11 is 0. The Labute approximate surface area is 209 Å². The van der Waals surface area contributed by atoms with Crippen molar-refractivity contribution in [2.45, 2.75) is 65.9 Å². The summed E-state index contributed by atoms with van der Waals surface area (Å²) in [7, 11) is 0. The lowest BCUT2D eigenvalue weighted by Crippen LogP contribution is -2.09. The number of aliphatic carboxylic acids is 1. The number of ether oxygens (including phenoxy) is 2. The summed E-state index contributed by atoms with van der Waals surface area (Å²) in [6.45, 7) is 9.70. The second-order valence-corrected chi connectivity index (χ2v) is 9.68. The molecule has 3 aromatic rings. The van der Waals surface area contributed by atoms with E-state index in [1.54, 1.807) is 0 Å². The molecule has 35 heavy (non-hydrogen) atoms. The lowest BCUT2D eigenvalue weighted by atomic mass is 9.88. The summed E-state index contributed by atoms with van der Waals surface area (Å²) in [5.74, 6) is 1.40. The summed E-state index contributed by atoms with van der Waals surface area (Å²) in [5, 5.41) is 9.26. The Morgan fingerprint density at radius 2 is 1.66 bits per heavy atom. The van der Waals surface area contributed by atoms with E-state index in [2.05, 4.69) is 70.2 Å². The maximum Gasteiger partial charge on any atom is 0.303 e. The number of hydrogen-bond acceptors (Lipinski definition) is 3. The van der Waals surface area contributed by atoms with Crippen LogP contribution in [0, 0.1) is 12.8 Å². The fourth-order valence-corrected chi connectivity index (χ4v) is 4.22. The zero-order valence-corrected chi connectivity index (χ0v) is 21.4. The van der Waals surface area contributed by atoms with Gasteiger partial charge in [-0.15, -0.1) is 0 Å². The summed E-state index contributed by atoms with van der Waals surface area (Å²) in [4.78, 5) is 11.3. The molecular weight excluding hydrogens is 436 g/mol. The number of benzene rings is 3. The molecule has 4 nitrogen and oxygen atoms in total. The highest BCUT2D eigenvalue weighted by Crippen LogP contribution is 2.32. The standard InChI is InChI=1S/C31H38O4/c1-5-6-17-34-30-16-7-23(4)19-29(30)26-10-8-24(9-11-26)21-35-28-14-12-25(13-15-28)27(18-22(2)3)20-31(32)33/h7-16,19,22,27H,5-6,17-18,20-21H2,1-4H3,(H,32,33)/t27-/m0/s1. The predicted molar refractivity (Wildman–Crippen MR) is 142 cm³/mol. The molecule has 1 atom stereocenters. The first kappa shape index (κ1) is 26.3. The maximum atomic E-state index is 11.3. The predicted octanol–water partition coefficient (Wildman–Crippen LogP) is 8.02. The largest absolute Gasteiger partial charge is 0.493 e. The van der Waals surface area contributed by atoms with Crippen molar-refractivity contribution < 1.29 is 19.4 Å². The second-order valence-electron chi connectivity index (χ2n) is 9.68. The number of carboxylic acid groups (broad SMARTS) is 1. The van der Waals surface area contributed by atoms with E-state index < -0.39 is 5.97 Å². The van der Waals surface area contributed by atoms with E-state index in [9.17, 15) is 9.90 Å². The van der Waals surface area contributed by atoms with Gasteiger partial charge in [-0.25, -0.2) is 0 Å². The smallest absolute Gasteiger partial charge is 0.303 e. The van der Waals surface area contributed by atoms with Gasteiger partial charge in [-0.3, -0.25) is 4.79 Å².